The average Bonchev–Trinajstić information content (AvgIpc) is 2.09. The summed E-state index contributed by atoms with van der Waals surface area (Å²) in [6.07, 6.45) is 0.145. The molecule has 0 amide bonds. The van der Waals surface area contributed by atoms with Crippen molar-refractivity contribution in [2.75, 3.05) is 54.7 Å². The smallest absolute Gasteiger partial charge is 0.0930 e. The molecule has 0 aromatic carbocycles. The van der Waals surface area contributed by atoms with Gasteiger partial charge in [0.05, 0.1) is 25.9 Å². The molecule has 0 fully saturated rings. The normalized spacial score (nSPS) is 13.6. The van der Waals surface area contributed by atoms with Crippen molar-refractivity contribution in [1.29, 1.82) is 0 Å². The first-order valence-electron chi connectivity index (χ1n) is 4.45. The van der Waals surface area contributed by atoms with Crippen LogP contribution in [0.25, 0.3) is 0 Å². The predicted molar refractivity (Wildman–Crippen MR) is 52.0 cm³/mol. The van der Waals surface area contributed by atoms with E-state index in [4.69, 9.17) is 14.2 Å². The summed E-state index contributed by atoms with van der Waals surface area (Å²) in [5.41, 5.74) is 0. The summed E-state index contributed by atoms with van der Waals surface area (Å²) in [6.45, 7) is 2.77. The number of hydrogen-bond donors (Lipinski definition) is 0. The molecule has 0 aliphatic rings. The third kappa shape index (κ3) is 8.18. The molecule has 0 bridgehead atoms. The monoisotopic (exact) mass is 191 g/mol. The molecule has 0 rings (SSSR count). The Morgan fingerprint density at radius 2 is 1.85 bits per heavy atom. The summed E-state index contributed by atoms with van der Waals surface area (Å²) in [5, 5.41) is 0. The van der Waals surface area contributed by atoms with Crippen molar-refractivity contribution in [3.05, 3.63) is 0 Å². The fourth-order valence-corrected chi connectivity index (χ4v) is 0.960. The lowest BCUT2D eigenvalue weighted by Crippen LogP contribution is -2.31. The van der Waals surface area contributed by atoms with E-state index in [0.29, 0.717) is 19.8 Å². The molecule has 1 unspecified atom stereocenters. The van der Waals surface area contributed by atoms with Gasteiger partial charge in [0.1, 0.15) is 0 Å². The van der Waals surface area contributed by atoms with Crippen LogP contribution in [0.15, 0.2) is 0 Å². The van der Waals surface area contributed by atoms with Gasteiger partial charge in [-0.15, -0.1) is 0 Å². The zero-order valence-electron chi connectivity index (χ0n) is 9.08. The molecule has 80 valence electrons. The first kappa shape index (κ1) is 12.8. The van der Waals surface area contributed by atoms with Crippen LogP contribution in [0.2, 0.25) is 0 Å². The third-order valence-electron chi connectivity index (χ3n) is 1.64. The second-order valence-corrected chi connectivity index (χ2v) is 3.19. The Labute approximate surface area is 80.8 Å². The molecular weight excluding hydrogens is 170 g/mol. The molecule has 0 N–H and O–H groups in total. The van der Waals surface area contributed by atoms with Crippen molar-refractivity contribution in [2.45, 2.75) is 6.10 Å². The minimum absolute atomic E-state index is 0.145. The minimum Gasteiger partial charge on any atom is -0.382 e. The van der Waals surface area contributed by atoms with E-state index >= 15 is 0 Å². The van der Waals surface area contributed by atoms with E-state index in [1.165, 1.54) is 0 Å². The molecule has 0 aromatic heterocycles. The van der Waals surface area contributed by atoms with Crippen molar-refractivity contribution in [2.24, 2.45) is 0 Å². The van der Waals surface area contributed by atoms with Gasteiger partial charge in [0, 0.05) is 20.8 Å². The molecule has 13 heavy (non-hydrogen) atoms. The number of nitrogens with zero attached hydrogens (tertiary/aromatic N) is 1. The highest BCUT2D eigenvalue weighted by atomic mass is 16.5. The molecular formula is C9H21NO3. The maximum absolute atomic E-state index is 5.35. The second kappa shape index (κ2) is 8.44. The highest BCUT2D eigenvalue weighted by Gasteiger charge is 2.07. The van der Waals surface area contributed by atoms with Crippen LogP contribution in [-0.2, 0) is 14.2 Å². The van der Waals surface area contributed by atoms with Gasteiger partial charge in [-0.1, -0.05) is 0 Å². The van der Waals surface area contributed by atoms with Gasteiger partial charge in [-0.25, -0.2) is 0 Å². The number of methoxy groups -OCH3 is 2. The molecule has 0 spiro atoms. The number of ether oxygens (including phenoxy) is 3. The van der Waals surface area contributed by atoms with E-state index in [0.717, 1.165) is 6.54 Å². The van der Waals surface area contributed by atoms with E-state index in [2.05, 4.69) is 4.90 Å². The Hall–Kier alpha value is -0.160. The van der Waals surface area contributed by atoms with Gasteiger partial charge in [-0.2, -0.15) is 0 Å². The Bertz CT molecular complexity index is 109. The van der Waals surface area contributed by atoms with E-state index in [1.807, 2.05) is 14.1 Å². The molecule has 1 atom stereocenters. The highest BCUT2D eigenvalue weighted by molar-refractivity contribution is 4.59. The van der Waals surface area contributed by atoms with Crippen molar-refractivity contribution in [3.8, 4) is 0 Å². The Morgan fingerprint density at radius 1 is 1.15 bits per heavy atom. The van der Waals surface area contributed by atoms with Crippen LogP contribution in [-0.4, -0.2) is 65.7 Å². The van der Waals surface area contributed by atoms with Gasteiger partial charge in [-0.3, -0.25) is 0 Å². The highest BCUT2D eigenvalue weighted by Crippen LogP contribution is 1.93. The van der Waals surface area contributed by atoms with E-state index < -0.39 is 0 Å². The van der Waals surface area contributed by atoms with Crippen LogP contribution < -0.4 is 0 Å². The summed E-state index contributed by atoms with van der Waals surface area (Å²) in [7, 11) is 7.40. The second-order valence-electron chi connectivity index (χ2n) is 3.19. The van der Waals surface area contributed by atoms with Crippen LogP contribution >= 0.6 is 0 Å². The zero-order valence-corrected chi connectivity index (χ0v) is 9.08. The molecule has 0 aliphatic heterocycles. The zero-order chi connectivity index (χ0) is 10.1. The van der Waals surface area contributed by atoms with Gasteiger partial charge in [0.15, 0.2) is 0 Å². The van der Waals surface area contributed by atoms with Crippen LogP contribution in [0.1, 0.15) is 0 Å². The molecule has 4 nitrogen and oxygen atoms in total. The number of likely N-dealkylation sites (N-methyl/N-ethyl adjacent to an activating group) is 1. The molecule has 0 heterocycles. The van der Waals surface area contributed by atoms with E-state index in [-0.39, 0.29) is 6.10 Å². The lowest BCUT2D eigenvalue weighted by atomic mass is 10.3. The first-order valence-corrected chi connectivity index (χ1v) is 4.45. The molecule has 0 aliphatic carbocycles. The SMILES string of the molecule is COCCOCC(CN(C)C)OC. The summed E-state index contributed by atoms with van der Waals surface area (Å²) < 4.78 is 15.4. The summed E-state index contributed by atoms with van der Waals surface area (Å²) >= 11 is 0. The van der Waals surface area contributed by atoms with Crippen molar-refractivity contribution < 1.29 is 14.2 Å². The molecule has 0 radical (unpaired) electrons. The van der Waals surface area contributed by atoms with Gasteiger partial charge >= 0.3 is 0 Å². The fraction of sp³-hybridized carbons (Fsp3) is 1.00. The van der Waals surface area contributed by atoms with E-state index in [9.17, 15) is 0 Å². The van der Waals surface area contributed by atoms with Crippen molar-refractivity contribution in [3.63, 3.8) is 0 Å². The third-order valence-corrected chi connectivity index (χ3v) is 1.64. The standard InChI is InChI=1S/C9H21NO3/c1-10(2)7-9(12-4)8-13-6-5-11-3/h9H,5-8H2,1-4H3. The average molecular weight is 191 g/mol. The lowest BCUT2D eigenvalue weighted by Gasteiger charge is -2.19. The largest absolute Gasteiger partial charge is 0.382 e. The lowest BCUT2D eigenvalue weighted by molar-refractivity contribution is -0.0161. The maximum atomic E-state index is 5.35. The summed E-state index contributed by atoms with van der Waals surface area (Å²) in [6, 6.07) is 0. The number of rotatable bonds is 8. The maximum Gasteiger partial charge on any atom is 0.0930 e. The topological polar surface area (TPSA) is 30.9 Å². The minimum atomic E-state index is 0.145. The number of hydrogen-bond acceptors (Lipinski definition) is 4. The Balaban J connectivity index is 3.36. The molecule has 0 saturated carbocycles. The fourth-order valence-electron chi connectivity index (χ4n) is 0.960. The van der Waals surface area contributed by atoms with Crippen LogP contribution in [0.5, 0.6) is 0 Å². The van der Waals surface area contributed by atoms with Gasteiger partial charge in [0.25, 0.3) is 0 Å². The van der Waals surface area contributed by atoms with E-state index in [1.54, 1.807) is 14.2 Å². The van der Waals surface area contributed by atoms with Gasteiger partial charge < -0.3 is 19.1 Å². The van der Waals surface area contributed by atoms with Crippen LogP contribution in [0.3, 0.4) is 0 Å². The molecule has 0 saturated heterocycles. The van der Waals surface area contributed by atoms with Crippen molar-refractivity contribution in [1.82, 2.24) is 4.90 Å². The van der Waals surface area contributed by atoms with Crippen LogP contribution in [0.4, 0.5) is 0 Å². The van der Waals surface area contributed by atoms with Gasteiger partial charge in [-0.05, 0) is 14.1 Å². The molecule has 4 heteroatoms. The first-order chi connectivity index (χ1) is 6.20. The quantitative estimate of drug-likeness (QED) is 0.514. The Kier molecular flexibility index (Phi) is 8.33. The van der Waals surface area contributed by atoms with Crippen molar-refractivity contribution >= 4 is 0 Å². The molecule has 0 aromatic rings. The summed E-state index contributed by atoms with van der Waals surface area (Å²) in [5.74, 6) is 0. The summed E-state index contributed by atoms with van der Waals surface area (Å²) in [4.78, 5) is 2.08. The predicted octanol–water partition coefficient (Wildman–Crippen LogP) is 0.226. The van der Waals surface area contributed by atoms with Gasteiger partial charge in [0.2, 0.25) is 0 Å². The Morgan fingerprint density at radius 3 is 2.31 bits per heavy atom. The van der Waals surface area contributed by atoms with Crippen LogP contribution in [0, 0.1) is 0 Å².